The van der Waals surface area contributed by atoms with Gasteiger partial charge in [0.15, 0.2) is 0 Å². The lowest BCUT2D eigenvalue weighted by molar-refractivity contribution is -0.125. The fourth-order valence-corrected chi connectivity index (χ4v) is 8.00. The van der Waals surface area contributed by atoms with Gasteiger partial charge in [-0.15, -0.1) is 0 Å². The molecule has 44 heavy (non-hydrogen) atoms. The van der Waals surface area contributed by atoms with Gasteiger partial charge in [-0.1, -0.05) is 43.5 Å². The number of hydrogen-bond donors (Lipinski definition) is 2. The van der Waals surface area contributed by atoms with E-state index < -0.39 is 17.8 Å². The number of carbonyl (C=O) groups is 2. The Morgan fingerprint density at radius 2 is 1.70 bits per heavy atom. The fourth-order valence-electron chi connectivity index (χ4n) is 8.00. The number of rotatable bonds is 6. The Morgan fingerprint density at radius 3 is 2.48 bits per heavy atom. The number of nitrogens with one attached hydrogen (secondary N) is 2. The van der Waals surface area contributed by atoms with Crippen LogP contribution in [0.15, 0.2) is 66.9 Å². The Labute approximate surface area is 257 Å². The predicted molar refractivity (Wildman–Crippen MR) is 171 cm³/mol. The Bertz CT molecular complexity index is 1670. The Hall–Kier alpha value is -4.20. The second-order valence-corrected chi connectivity index (χ2v) is 13.0. The summed E-state index contributed by atoms with van der Waals surface area (Å²) in [6, 6.07) is 18.7. The largest absolute Gasteiger partial charge is 0.382 e. The lowest BCUT2D eigenvalue weighted by Crippen LogP contribution is -2.54. The molecule has 3 fully saturated rings. The molecule has 2 heterocycles. The monoisotopic (exact) mass is 593 g/mol. The first-order chi connectivity index (χ1) is 21.4. The van der Waals surface area contributed by atoms with Crippen molar-refractivity contribution in [2.45, 2.75) is 76.4 Å². The maximum Gasteiger partial charge on any atom is 0.257 e. The number of carbonyl (C=O) groups excluding carboxylic acids is 2. The van der Waals surface area contributed by atoms with Gasteiger partial charge < -0.3 is 15.5 Å². The molecule has 2 N–H and O–H groups in total. The van der Waals surface area contributed by atoms with Crippen molar-refractivity contribution < 1.29 is 14.0 Å². The van der Waals surface area contributed by atoms with Gasteiger partial charge in [0.1, 0.15) is 5.82 Å². The van der Waals surface area contributed by atoms with Crippen LogP contribution < -0.4 is 10.6 Å². The minimum Gasteiger partial charge on any atom is -0.382 e. The SMILES string of the molecule is Cc1cccc(F)c1C(=O)N1[C@@H]2CCC[C@@H]2C[C@H](C(=O)Nc2ccc3cnn(C)c3c2)[C@@H]1c1ccc(NC2CCCC2)cc1. The first-order valence-electron chi connectivity index (χ1n) is 16.0. The van der Waals surface area contributed by atoms with Crippen molar-refractivity contribution in [3.8, 4) is 0 Å². The molecular weight excluding hydrogens is 553 g/mol. The Balaban J connectivity index is 1.27. The number of halogens is 1. The van der Waals surface area contributed by atoms with Crippen LogP contribution in [0.25, 0.3) is 10.9 Å². The lowest BCUT2D eigenvalue weighted by atomic mass is 9.76. The first-order valence-corrected chi connectivity index (χ1v) is 16.0. The van der Waals surface area contributed by atoms with Crippen LogP contribution in [0.2, 0.25) is 0 Å². The maximum absolute atomic E-state index is 15.3. The second kappa shape index (κ2) is 11.7. The maximum atomic E-state index is 15.3. The van der Waals surface area contributed by atoms with Crippen molar-refractivity contribution in [3.63, 3.8) is 0 Å². The number of anilines is 2. The van der Waals surface area contributed by atoms with Crippen LogP contribution in [-0.4, -0.2) is 38.6 Å². The van der Waals surface area contributed by atoms with E-state index >= 15 is 4.39 Å². The summed E-state index contributed by atoms with van der Waals surface area (Å²) in [6.07, 6.45) is 10.1. The van der Waals surface area contributed by atoms with E-state index in [1.54, 1.807) is 29.9 Å². The van der Waals surface area contributed by atoms with Crippen molar-refractivity contribution in [1.82, 2.24) is 14.7 Å². The van der Waals surface area contributed by atoms with Crippen LogP contribution in [0, 0.1) is 24.6 Å². The average Bonchev–Trinajstić information content (AvgIpc) is 3.79. The third-order valence-corrected chi connectivity index (χ3v) is 10.2. The molecule has 0 unspecified atom stereocenters. The molecule has 0 radical (unpaired) electrons. The fraction of sp³-hybridized carbons (Fsp3) is 0.417. The topological polar surface area (TPSA) is 79.3 Å². The molecule has 4 atom stereocenters. The molecule has 7 rings (SSSR count). The van der Waals surface area contributed by atoms with E-state index in [0.717, 1.165) is 41.4 Å². The number of likely N-dealkylation sites (tertiary alicyclic amines) is 1. The zero-order chi connectivity index (χ0) is 30.4. The van der Waals surface area contributed by atoms with E-state index in [1.807, 2.05) is 42.3 Å². The van der Waals surface area contributed by atoms with Gasteiger partial charge in [0, 0.05) is 35.9 Å². The van der Waals surface area contributed by atoms with E-state index in [1.165, 1.54) is 31.7 Å². The molecule has 0 bridgehead atoms. The second-order valence-electron chi connectivity index (χ2n) is 13.0. The highest BCUT2D eigenvalue weighted by molar-refractivity contribution is 5.99. The average molecular weight is 594 g/mol. The summed E-state index contributed by atoms with van der Waals surface area (Å²) in [4.78, 5) is 30.6. The molecule has 1 aliphatic heterocycles. The summed E-state index contributed by atoms with van der Waals surface area (Å²) in [5.41, 5.74) is 4.27. The third kappa shape index (κ3) is 5.24. The number of benzene rings is 3. The molecule has 3 aromatic carbocycles. The summed E-state index contributed by atoms with van der Waals surface area (Å²) >= 11 is 0. The number of piperidine rings is 1. The Morgan fingerprint density at radius 1 is 0.932 bits per heavy atom. The summed E-state index contributed by atoms with van der Waals surface area (Å²) < 4.78 is 17.1. The molecule has 1 aromatic heterocycles. The zero-order valence-electron chi connectivity index (χ0n) is 25.4. The summed E-state index contributed by atoms with van der Waals surface area (Å²) in [7, 11) is 1.88. The number of aryl methyl sites for hydroxylation is 2. The molecule has 2 aliphatic carbocycles. The van der Waals surface area contributed by atoms with Crippen molar-refractivity contribution in [1.29, 1.82) is 0 Å². The van der Waals surface area contributed by atoms with Gasteiger partial charge in [0.05, 0.1) is 29.2 Å². The smallest absolute Gasteiger partial charge is 0.257 e. The highest BCUT2D eigenvalue weighted by Crippen LogP contribution is 2.49. The van der Waals surface area contributed by atoms with Crippen LogP contribution in [0.5, 0.6) is 0 Å². The highest BCUT2D eigenvalue weighted by atomic mass is 19.1. The summed E-state index contributed by atoms with van der Waals surface area (Å²) in [5, 5.41) is 12.2. The number of aromatic nitrogens is 2. The van der Waals surface area contributed by atoms with Crippen LogP contribution in [0.4, 0.5) is 15.8 Å². The molecular formula is C36H40FN5O2. The standard InChI is InChI=1S/C36H40FN5O2/c1-22-7-5-11-30(37)33(22)36(44)42-31-12-6-8-24(31)19-29(35(43)40-28-18-15-25-21-38-41(2)32(25)20-28)34(42)23-13-16-27(17-14-23)39-26-9-3-4-10-26/h5,7,11,13-18,20-21,24,26,29,31,34,39H,3-4,6,8-10,12,19H2,1-2H3,(H,40,43)/t24-,29+,31-,34+/m1/s1. The normalized spacial score (nSPS) is 23.6. The Kier molecular flexibility index (Phi) is 7.60. The van der Waals surface area contributed by atoms with E-state index in [0.29, 0.717) is 23.7 Å². The van der Waals surface area contributed by atoms with Gasteiger partial charge in [-0.2, -0.15) is 5.10 Å². The molecule has 3 aliphatic rings. The molecule has 0 spiro atoms. The van der Waals surface area contributed by atoms with Crippen LogP contribution in [0.1, 0.15) is 78.9 Å². The zero-order valence-corrected chi connectivity index (χ0v) is 25.4. The minimum absolute atomic E-state index is 0.0439. The van der Waals surface area contributed by atoms with Gasteiger partial charge in [-0.05, 0) is 92.5 Å². The molecule has 2 amide bonds. The van der Waals surface area contributed by atoms with E-state index in [4.69, 9.17) is 0 Å². The molecule has 8 heteroatoms. The molecule has 2 saturated carbocycles. The number of fused-ring (bicyclic) bond motifs is 2. The summed E-state index contributed by atoms with van der Waals surface area (Å²) in [6.45, 7) is 1.78. The van der Waals surface area contributed by atoms with Gasteiger partial charge in [-0.3, -0.25) is 14.3 Å². The number of hydrogen-bond acceptors (Lipinski definition) is 4. The molecule has 4 aromatic rings. The predicted octanol–water partition coefficient (Wildman–Crippen LogP) is 7.39. The van der Waals surface area contributed by atoms with Crippen molar-refractivity contribution >= 4 is 34.1 Å². The molecule has 1 saturated heterocycles. The van der Waals surface area contributed by atoms with Crippen molar-refractivity contribution in [3.05, 3.63) is 89.4 Å². The highest BCUT2D eigenvalue weighted by Gasteiger charge is 2.50. The van der Waals surface area contributed by atoms with Crippen molar-refractivity contribution in [2.24, 2.45) is 18.9 Å². The number of nitrogens with zero attached hydrogens (tertiary/aromatic N) is 3. The molecule has 228 valence electrons. The van der Waals surface area contributed by atoms with Crippen molar-refractivity contribution in [2.75, 3.05) is 10.6 Å². The summed E-state index contributed by atoms with van der Waals surface area (Å²) in [5.74, 6) is -1.29. The van der Waals surface area contributed by atoms with Crippen LogP contribution >= 0.6 is 0 Å². The van der Waals surface area contributed by atoms with Gasteiger partial charge in [-0.25, -0.2) is 4.39 Å². The van der Waals surface area contributed by atoms with Gasteiger partial charge >= 0.3 is 0 Å². The minimum atomic E-state index is -0.526. The van der Waals surface area contributed by atoms with Crippen LogP contribution in [0.3, 0.4) is 0 Å². The van der Waals surface area contributed by atoms with Gasteiger partial charge in [0.2, 0.25) is 5.91 Å². The lowest BCUT2D eigenvalue weighted by Gasteiger charge is -2.48. The first kappa shape index (κ1) is 28.6. The quantitative estimate of drug-likeness (QED) is 0.244. The van der Waals surface area contributed by atoms with E-state index in [-0.39, 0.29) is 29.3 Å². The van der Waals surface area contributed by atoms with E-state index in [9.17, 15) is 9.59 Å². The number of amides is 2. The van der Waals surface area contributed by atoms with E-state index in [2.05, 4.69) is 27.9 Å². The van der Waals surface area contributed by atoms with Gasteiger partial charge in [0.25, 0.3) is 5.91 Å². The van der Waals surface area contributed by atoms with Crippen LogP contribution in [-0.2, 0) is 11.8 Å². The molecule has 7 nitrogen and oxygen atoms in total. The third-order valence-electron chi connectivity index (χ3n) is 10.2.